The minimum absolute atomic E-state index is 0.0178. The highest BCUT2D eigenvalue weighted by Gasteiger charge is 2.26. The number of carbonyl (C=O) groups excluding carboxylic acids is 1. The zero-order valence-electron chi connectivity index (χ0n) is 10.2. The average molecular weight is 290 g/mol. The van der Waals surface area contributed by atoms with Crippen molar-refractivity contribution >= 4 is 29.4 Å². The molecule has 0 saturated heterocycles. The highest BCUT2D eigenvalue weighted by Crippen LogP contribution is 2.19. The van der Waals surface area contributed by atoms with Crippen LogP contribution in [0.3, 0.4) is 0 Å². The predicted octanol–water partition coefficient (Wildman–Crippen LogP) is 0.0396. The molecular weight excluding hydrogens is 278 g/mol. The minimum Gasteiger partial charge on any atom is -0.481 e. The van der Waals surface area contributed by atoms with Crippen LogP contribution in [0.2, 0.25) is 5.02 Å². The molecule has 19 heavy (non-hydrogen) atoms. The molecule has 0 aliphatic carbocycles. The zero-order chi connectivity index (χ0) is 14.7. The molecule has 1 aromatic rings. The van der Waals surface area contributed by atoms with Crippen LogP contribution in [0.1, 0.15) is 22.6 Å². The highest BCUT2D eigenvalue weighted by atomic mass is 35.5. The Kier molecular flexibility index (Phi) is 4.49. The second-order valence-electron chi connectivity index (χ2n) is 3.83. The number of aliphatic carboxylic acids is 2. The summed E-state index contributed by atoms with van der Waals surface area (Å²) in [6.07, 6.45) is -0.727. The number of amides is 1. The standard InChI is InChI=1S/C10H12ClN3O5/c1-4-7(11)8(14(2)13-4)9(17)12-5(10(18)19)3-6(15)16/h5H,3H2,1-2H3,(H,12,17)(H,15,16)(H,18,19)/t5-/m0/s1. The number of rotatable bonds is 5. The molecule has 0 radical (unpaired) electrons. The van der Waals surface area contributed by atoms with Crippen molar-refractivity contribution in [1.82, 2.24) is 15.1 Å². The Morgan fingerprint density at radius 2 is 2.00 bits per heavy atom. The number of nitrogens with one attached hydrogen (secondary N) is 1. The minimum atomic E-state index is -1.53. The van der Waals surface area contributed by atoms with E-state index in [2.05, 4.69) is 10.4 Å². The van der Waals surface area contributed by atoms with Crippen molar-refractivity contribution in [2.45, 2.75) is 19.4 Å². The Morgan fingerprint density at radius 3 is 2.37 bits per heavy atom. The number of nitrogens with zero attached hydrogens (tertiary/aromatic N) is 2. The van der Waals surface area contributed by atoms with Gasteiger partial charge in [-0.2, -0.15) is 5.10 Å². The Morgan fingerprint density at radius 1 is 1.42 bits per heavy atom. The summed E-state index contributed by atoms with van der Waals surface area (Å²) in [6.45, 7) is 1.59. The first kappa shape index (κ1) is 15.0. The average Bonchev–Trinajstić information content (AvgIpc) is 2.51. The third-order valence-corrected chi connectivity index (χ3v) is 2.80. The summed E-state index contributed by atoms with van der Waals surface area (Å²) < 4.78 is 1.20. The number of carboxylic acid groups (broad SMARTS) is 2. The van der Waals surface area contributed by atoms with Crippen molar-refractivity contribution in [1.29, 1.82) is 0 Å². The molecule has 3 N–H and O–H groups in total. The first-order valence-electron chi connectivity index (χ1n) is 5.18. The summed E-state index contributed by atoms with van der Waals surface area (Å²) in [5.74, 6) is -3.56. The van der Waals surface area contributed by atoms with Crippen molar-refractivity contribution in [2.24, 2.45) is 7.05 Å². The number of halogens is 1. The monoisotopic (exact) mass is 289 g/mol. The van der Waals surface area contributed by atoms with E-state index >= 15 is 0 Å². The van der Waals surface area contributed by atoms with E-state index in [-0.39, 0.29) is 10.7 Å². The van der Waals surface area contributed by atoms with Gasteiger partial charge < -0.3 is 15.5 Å². The summed E-state index contributed by atoms with van der Waals surface area (Å²) in [5.41, 5.74) is 0.398. The fourth-order valence-corrected chi connectivity index (χ4v) is 1.73. The molecule has 9 heteroatoms. The summed E-state index contributed by atoms with van der Waals surface area (Å²) in [7, 11) is 1.47. The Labute approximate surface area is 113 Å². The Bertz CT molecular complexity index is 540. The molecule has 104 valence electrons. The number of hydrogen-bond acceptors (Lipinski definition) is 4. The Balaban J connectivity index is 2.94. The molecule has 1 aromatic heterocycles. The van der Waals surface area contributed by atoms with Crippen molar-refractivity contribution in [3.8, 4) is 0 Å². The maximum absolute atomic E-state index is 11.9. The zero-order valence-corrected chi connectivity index (χ0v) is 10.9. The van der Waals surface area contributed by atoms with Gasteiger partial charge in [0.25, 0.3) is 5.91 Å². The van der Waals surface area contributed by atoms with E-state index in [4.69, 9.17) is 21.8 Å². The van der Waals surface area contributed by atoms with Gasteiger partial charge in [-0.1, -0.05) is 11.6 Å². The summed E-state index contributed by atoms with van der Waals surface area (Å²) in [5, 5.41) is 23.5. The number of aromatic nitrogens is 2. The second-order valence-corrected chi connectivity index (χ2v) is 4.21. The van der Waals surface area contributed by atoms with Crippen molar-refractivity contribution < 1.29 is 24.6 Å². The van der Waals surface area contributed by atoms with Gasteiger partial charge in [-0.15, -0.1) is 0 Å². The molecule has 8 nitrogen and oxygen atoms in total. The quantitative estimate of drug-likeness (QED) is 0.703. The molecule has 1 heterocycles. The molecule has 0 aliphatic heterocycles. The van der Waals surface area contributed by atoms with Gasteiger partial charge in [0.15, 0.2) is 0 Å². The van der Waals surface area contributed by atoms with Gasteiger partial charge in [0, 0.05) is 7.05 Å². The van der Waals surface area contributed by atoms with Gasteiger partial charge in [-0.05, 0) is 6.92 Å². The van der Waals surface area contributed by atoms with Crippen LogP contribution >= 0.6 is 11.6 Å². The van der Waals surface area contributed by atoms with Crippen LogP contribution in [0.15, 0.2) is 0 Å². The van der Waals surface area contributed by atoms with Crippen molar-refractivity contribution in [3.05, 3.63) is 16.4 Å². The molecule has 1 amide bonds. The number of aryl methyl sites for hydroxylation is 2. The van der Waals surface area contributed by atoms with E-state index in [9.17, 15) is 14.4 Å². The van der Waals surface area contributed by atoms with Gasteiger partial charge >= 0.3 is 11.9 Å². The lowest BCUT2D eigenvalue weighted by Crippen LogP contribution is -2.42. The topological polar surface area (TPSA) is 122 Å². The number of carboxylic acids is 2. The normalized spacial score (nSPS) is 11.9. The van der Waals surface area contributed by atoms with Crippen LogP contribution in [0, 0.1) is 6.92 Å². The van der Waals surface area contributed by atoms with E-state index in [1.807, 2.05) is 0 Å². The number of hydrogen-bond donors (Lipinski definition) is 3. The highest BCUT2D eigenvalue weighted by molar-refractivity contribution is 6.34. The molecule has 0 saturated carbocycles. The van der Waals surface area contributed by atoms with Crippen LogP contribution in [0.5, 0.6) is 0 Å². The lowest BCUT2D eigenvalue weighted by atomic mass is 10.2. The predicted molar refractivity (Wildman–Crippen MR) is 64.1 cm³/mol. The van der Waals surface area contributed by atoms with Crippen LogP contribution in [0.4, 0.5) is 0 Å². The van der Waals surface area contributed by atoms with Crippen LogP contribution in [0.25, 0.3) is 0 Å². The first-order chi connectivity index (χ1) is 8.73. The molecule has 0 aliphatic rings. The summed E-state index contributed by atoms with van der Waals surface area (Å²) in [6, 6.07) is -1.53. The fraction of sp³-hybridized carbons (Fsp3) is 0.400. The lowest BCUT2D eigenvalue weighted by Gasteiger charge is -2.12. The third kappa shape index (κ3) is 3.44. The molecule has 0 fully saturated rings. The van der Waals surface area contributed by atoms with Crippen molar-refractivity contribution in [2.75, 3.05) is 0 Å². The number of carbonyl (C=O) groups is 3. The van der Waals surface area contributed by atoms with Crippen LogP contribution in [-0.2, 0) is 16.6 Å². The third-order valence-electron chi connectivity index (χ3n) is 2.35. The van der Waals surface area contributed by atoms with Gasteiger partial charge in [-0.25, -0.2) is 4.79 Å². The van der Waals surface area contributed by atoms with Gasteiger partial charge in [-0.3, -0.25) is 14.3 Å². The summed E-state index contributed by atoms with van der Waals surface area (Å²) >= 11 is 5.87. The van der Waals surface area contributed by atoms with E-state index in [0.29, 0.717) is 5.69 Å². The molecule has 0 aromatic carbocycles. The molecular formula is C10H12ClN3O5. The van der Waals surface area contributed by atoms with Crippen molar-refractivity contribution in [3.63, 3.8) is 0 Å². The van der Waals surface area contributed by atoms with E-state index in [1.165, 1.54) is 11.7 Å². The SMILES string of the molecule is Cc1nn(C)c(C(=O)N[C@@H](CC(=O)O)C(=O)O)c1Cl. The molecule has 1 rings (SSSR count). The fourth-order valence-electron chi connectivity index (χ4n) is 1.48. The molecule has 0 spiro atoms. The van der Waals surface area contributed by atoms with Gasteiger partial charge in [0.05, 0.1) is 17.1 Å². The lowest BCUT2D eigenvalue weighted by molar-refractivity contribution is -0.145. The summed E-state index contributed by atoms with van der Waals surface area (Å²) in [4.78, 5) is 33.2. The second kappa shape index (κ2) is 5.70. The smallest absolute Gasteiger partial charge is 0.326 e. The van der Waals surface area contributed by atoms with Crippen LogP contribution in [-0.4, -0.2) is 43.9 Å². The Hall–Kier alpha value is -2.09. The largest absolute Gasteiger partial charge is 0.481 e. The molecule has 1 atom stereocenters. The molecule has 0 unspecified atom stereocenters. The van der Waals surface area contributed by atoms with Gasteiger partial charge in [0.2, 0.25) is 0 Å². The van der Waals surface area contributed by atoms with E-state index < -0.39 is 30.3 Å². The van der Waals surface area contributed by atoms with E-state index in [1.54, 1.807) is 6.92 Å². The maximum atomic E-state index is 11.9. The maximum Gasteiger partial charge on any atom is 0.326 e. The first-order valence-corrected chi connectivity index (χ1v) is 5.56. The van der Waals surface area contributed by atoms with E-state index in [0.717, 1.165) is 0 Å². The van der Waals surface area contributed by atoms with Gasteiger partial charge in [0.1, 0.15) is 11.7 Å². The van der Waals surface area contributed by atoms with Crippen LogP contribution < -0.4 is 5.32 Å². The molecule has 0 bridgehead atoms.